The van der Waals surface area contributed by atoms with Crippen LogP contribution in [0.3, 0.4) is 0 Å². The average Bonchev–Trinajstić information content (AvgIpc) is 2.88. The zero-order valence-electron chi connectivity index (χ0n) is 13.1. The van der Waals surface area contributed by atoms with Gasteiger partial charge in [-0.05, 0) is 31.3 Å². The maximum absolute atomic E-state index is 12.3. The lowest BCUT2D eigenvalue weighted by atomic mass is 10.2. The molecule has 1 N–H and O–H groups in total. The number of nitrogens with one attached hydrogen (secondary N) is 1. The van der Waals surface area contributed by atoms with Gasteiger partial charge < -0.3 is 15.0 Å². The van der Waals surface area contributed by atoms with E-state index in [1.807, 2.05) is 18.2 Å². The summed E-state index contributed by atoms with van der Waals surface area (Å²) in [5.41, 5.74) is 0. The summed E-state index contributed by atoms with van der Waals surface area (Å²) >= 11 is 7.77. The molecule has 1 aromatic heterocycles. The monoisotopic (exact) mass is 340 g/mol. The number of amides is 1. The van der Waals surface area contributed by atoms with Crippen LogP contribution in [0.15, 0.2) is 18.2 Å². The molecule has 4 nitrogen and oxygen atoms in total. The van der Waals surface area contributed by atoms with E-state index in [0.29, 0.717) is 16.4 Å². The fraction of sp³-hybridized carbons (Fsp3) is 0.438. The van der Waals surface area contributed by atoms with E-state index in [1.54, 1.807) is 7.11 Å². The number of hydrogen-bond donors (Lipinski definition) is 1. The summed E-state index contributed by atoms with van der Waals surface area (Å²) in [4.78, 5) is 15.1. The molecule has 0 aliphatic heterocycles. The number of likely N-dealkylation sites (N-methyl/N-ethyl adjacent to an activating group) is 1. The molecular weight excluding hydrogens is 320 g/mol. The molecule has 0 aliphatic rings. The van der Waals surface area contributed by atoms with Crippen LogP contribution in [0, 0.1) is 0 Å². The minimum Gasteiger partial charge on any atom is -0.497 e. The van der Waals surface area contributed by atoms with E-state index in [2.05, 4.69) is 24.1 Å². The van der Waals surface area contributed by atoms with Crippen molar-refractivity contribution in [3.05, 3.63) is 28.1 Å². The van der Waals surface area contributed by atoms with Crippen molar-refractivity contribution in [3.63, 3.8) is 0 Å². The maximum Gasteiger partial charge on any atom is 0.262 e. The van der Waals surface area contributed by atoms with E-state index >= 15 is 0 Å². The number of methoxy groups -OCH3 is 1. The van der Waals surface area contributed by atoms with Crippen LogP contribution in [0.1, 0.15) is 23.5 Å². The second kappa shape index (κ2) is 7.81. The molecule has 1 aromatic carbocycles. The van der Waals surface area contributed by atoms with Crippen LogP contribution in [-0.2, 0) is 0 Å². The first kappa shape index (κ1) is 17.1. The fourth-order valence-electron chi connectivity index (χ4n) is 2.27. The number of benzene rings is 1. The van der Waals surface area contributed by atoms with Gasteiger partial charge in [-0.25, -0.2) is 0 Å². The Hall–Kier alpha value is -1.30. The van der Waals surface area contributed by atoms with E-state index in [0.717, 1.165) is 35.5 Å². The minimum atomic E-state index is -0.114. The Morgan fingerprint density at radius 3 is 2.73 bits per heavy atom. The molecule has 0 radical (unpaired) electrons. The number of thiophene rings is 1. The Kier molecular flexibility index (Phi) is 6.06. The average molecular weight is 341 g/mol. The largest absolute Gasteiger partial charge is 0.497 e. The zero-order valence-corrected chi connectivity index (χ0v) is 14.7. The van der Waals surface area contributed by atoms with Gasteiger partial charge in [0, 0.05) is 23.2 Å². The predicted molar refractivity (Wildman–Crippen MR) is 93.5 cm³/mol. The Labute approximate surface area is 140 Å². The lowest BCUT2D eigenvalue weighted by Gasteiger charge is -2.17. The summed E-state index contributed by atoms with van der Waals surface area (Å²) in [6.07, 6.45) is 0. The van der Waals surface area contributed by atoms with Gasteiger partial charge in [0.25, 0.3) is 5.91 Å². The van der Waals surface area contributed by atoms with E-state index in [4.69, 9.17) is 16.3 Å². The normalized spacial score (nSPS) is 11.1. The second-order valence-corrected chi connectivity index (χ2v) is 6.32. The first-order chi connectivity index (χ1) is 10.6. The van der Waals surface area contributed by atoms with Gasteiger partial charge in [0.1, 0.15) is 10.6 Å². The molecule has 0 saturated carbocycles. The topological polar surface area (TPSA) is 41.6 Å². The third-order valence-electron chi connectivity index (χ3n) is 3.65. The van der Waals surface area contributed by atoms with Crippen LogP contribution in [0.2, 0.25) is 5.02 Å². The van der Waals surface area contributed by atoms with Crippen molar-refractivity contribution in [2.24, 2.45) is 0 Å². The minimum absolute atomic E-state index is 0.114. The lowest BCUT2D eigenvalue weighted by molar-refractivity contribution is 0.0953. The standard InChI is InChI=1S/C16H21ClN2O2S/c1-4-19(5-2)9-8-18-16(20)15-14(17)12-10-11(21-3)6-7-13(12)22-15/h6-7,10H,4-5,8-9H2,1-3H3,(H,18,20). The molecule has 0 bridgehead atoms. The van der Waals surface area contributed by atoms with Crippen LogP contribution in [0.25, 0.3) is 10.1 Å². The van der Waals surface area contributed by atoms with Crippen LogP contribution in [0.5, 0.6) is 5.75 Å². The molecule has 1 heterocycles. The van der Waals surface area contributed by atoms with Crippen molar-refractivity contribution < 1.29 is 9.53 Å². The third-order valence-corrected chi connectivity index (χ3v) is 5.32. The van der Waals surface area contributed by atoms with Gasteiger partial charge in [0.15, 0.2) is 0 Å². The highest BCUT2D eigenvalue weighted by Crippen LogP contribution is 2.37. The van der Waals surface area contributed by atoms with E-state index in [1.165, 1.54) is 11.3 Å². The smallest absolute Gasteiger partial charge is 0.262 e. The second-order valence-electron chi connectivity index (χ2n) is 4.89. The predicted octanol–water partition coefficient (Wildman–Crippen LogP) is 3.63. The summed E-state index contributed by atoms with van der Waals surface area (Å²) in [5.74, 6) is 0.623. The summed E-state index contributed by atoms with van der Waals surface area (Å²) in [6.45, 7) is 7.65. The van der Waals surface area contributed by atoms with Crippen molar-refractivity contribution >= 4 is 38.9 Å². The molecule has 0 unspecified atom stereocenters. The number of carbonyl (C=O) groups is 1. The van der Waals surface area contributed by atoms with Crippen LogP contribution in [-0.4, -0.2) is 44.1 Å². The summed E-state index contributed by atoms with van der Waals surface area (Å²) in [5, 5.41) is 4.30. The Morgan fingerprint density at radius 1 is 1.36 bits per heavy atom. The molecule has 1 amide bonds. The van der Waals surface area contributed by atoms with Gasteiger partial charge in [0.05, 0.1) is 12.1 Å². The highest BCUT2D eigenvalue weighted by molar-refractivity contribution is 7.21. The maximum atomic E-state index is 12.3. The molecule has 6 heteroatoms. The van der Waals surface area contributed by atoms with Crippen LogP contribution >= 0.6 is 22.9 Å². The molecule has 2 aromatic rings. The van der Waals surface area contributed by atoms with E-state index in [9.17, 15) is 4.79 Å². The Bertz CT molecular complexity index is 653. The molecule has 2 rings (SSSR count). The van der Waals surface area contributed by atoms with Crippen molar-refractivity contribution in [1.29, 1.82) is 0 Å². The molecule has 0 spiro atoms. The molecule has 0 atom stereocenters. The van der Waals surface area contributed by atoms with Gasteiger partial charge in [0.2, 0.25) is 0 Å². The fourth-order valence-corrected chi connectivity index (χ4v) is 3.67. The number of carbonyl (C=O) groups excluding carboxylic acids is 1. The van der Waals surface area contributed by atoms with Gasteiger partial charge in [-0.2, -0.15) is 0 Å². The van der Waals surface area contributed by atoms with Crippen LogP contribution in [0.4, 0.5) is 0 Å². The van der Waals surface area contributed by atoms with Crippen molar-refractivity contribution in [1.82, 2.24) is 10.2 Å². The van der Waals surface area contributed by atoms with Gasteiger partial charge in [-0.15, -0.1) is 11.3 Å². The highest BCUT2D eigenvalue weighted by atomic mass is 35.5. The number of ether oxygens (including phenoxy) is 1. The van der Waals surface area contributed by atoms with Crippen molar-refractivity contribution in [3.8, 4) is 5.75 Å². The lowest BCUT2D eigenvalue weighted by Crippen LogP contribution is -2.34. The molecule has 0 saturated heterocycles. The quantitative estimate of drug-likeness (QED) is 0.836. The SMILES string of the molecule is CCN(CC)CCNC(=O)c1sc2ccc(OC)cc2c1Cl. The first-order valence-electron chi connectivity index (χ1n) is 7.37. The van der Waals surface area contributed by atoms with Crippen molar-refractivity contribution in [2.45, 2.75) is 13.8 Å². The van der Waals surface area contributed by atoms with E-state index in [-0.39, 0.29) is 5.91 Å². The Morgan fingerprint density at radius 2 is 2.09 bits per heavy atom. The Balaban J connectivity index is 2.10. The number of rotatable bonds is 7. The molecule has 22 heavy (non-hydrogen) atoms. The zero-order chi connectivity index (χ0) is 16.1. The number of nitrogens with zero attached hydrogens (tertiary/aromatic N) is 1. The van der Waals surface area contributed by atoms with Gasteiger partial charge in [-0.3, -0.25) is 4.79 Å². The third kappa shape index (κ3) is 3.72. The number of halogens is 1. The number of hydrogen-bond acceptors (Lipinski definition) is 4. The summed E-state index contributed by atoms with van der Waals surface area (Å²) < 4.78 is 6.19. The molecule has 0 fully saturated rings. The summed E-state index contributed by atoms with van der Waals surface area (Å²) in [7, 11) is 1.61. The summed E-state index contributed by atoms with van der Waals surface area (Å²) in [6, 6.07) is 5.66. The van der Waals surface area contributed by atoms with Gasteiger partial charge >= 0.3 is 0 Å². The van der Waals surface area contributed by atoms with E-state index < -0.39 is 0 Å². The molecule has 0 aliphatic carbocycles. The molecule has 120 valence electrons. The highest BCUT2D eigenvalue weighted by Gasteiger charge is 2.17. The molecular formula is C16H21ClN2O2S. The van der Waals surface area contributed by atoms with Crippen molar-refractivity contribution in [2.75, 3.05) is 33.3 Å². The van der Waals surface area contributed by atoms with Crippen LogP contribution < -0.4 is 10.1 Å². The number of fused-ring (bicyclic) bond motifs is 1. The first-order valence-corrected chi connectivity index (χ1v) is 8.56. The van der Waals surface area contributed by atoms with Gasteiger partial charge in [-0.1, -0.05) is 25.4 Å².